The number of hydrogen-bond donors (Lipinski definition) is 2. The van der Waals surface area contributed by atoms with Crippen LogP contribution in [0.15, 0.2) is 36.7 Å². The van der Waals surface area contributed by atoms with Gasteiger partial charge in [-0.25, -0.2) is 4.39 Å². The molecule has 2 aromatic rings. The van der Waals surface area contributed by atoms with Crippen molar-refractivity contribution < 1.29 is 14.3 Å². The van der Waals surface area contributed by atoms with Crippen LogP contribution in [0.4, 0.5) is 10.1 Å². The lowest BCUT2D eigenvalue weighted by Crippen LogP contribution is -2.16. The van der Waals surface area contributed by atoms with Crippen LogP contribution in [0, 0.1) is 5.82 Å². The molecular weight excluding hydrogens is 271 g/mol. The monoisotopic (exact) mass is 288 g/mol. The van der Waals surface area contributed by atoms with Crippen LogP contribution >= 0.6 is 0 Å². The fourth-order valence-electron chi connectivity index (χ4n) is 1.85. The van der Waals surface area contributed by atoms with Crippen LogP contribution in [-0.2, 0) is 5.41 Å². The summed E-state index contributed by atoms with van der Waals surface area (Å²) in [7, 11) is 0. The van der Waals surface area contributed by atoms with Gasteiger partial charge in [0.15, 0.2) is 5.82 Å². The maximum atomic E-state index is 13.5. The maximum absolute atomic E-state index is 13.5. The van der Waals surface area contributed by atoms with Crippen molar-refractivity contribution >= 4 is 11.6 Å². The number of anilines is 1. The number of carbonyl (C=O) groups is 1. The summed E-state index contributed by atoms with van der Waals surface area (Å²) in [6.45, 7) is 6.06. The van der Waals surface area contributed by atoms with E-state index in [-0.39, 0.29) is 22.4 Å². The van der Waals surface area contributed by atoms with Crippen LogP contribution in [0.25, 0.3) is 0 Å². The van der Waals surface area contributed by atoms with E-state index >= 15 is 0 Å². The maximum Gasteiger partial charge on any atom is 0.258 e. The van der Waals surface area contributed by atoms with Crippen molar-refractivity contribution in [3.8, 4) is 5.75 Å². The summed E-state index contributed by atoms with van der Waals surface area (Å²) in [5.74, 6) is -1.40. The van der Waals surface area contributed by atoms with E-state index in [1.165, 1.54) is 18.3 Å². The molecule has 0 aliphatic heterocycles. The third kappa shape index (κ3) is 3.37. The molecule has 2 rings (SSSR count). The molecule has 0 unspecified atom stereocenters. The van der Waals surface area contributed by atoms with Crippen molar-refractivity contribution in [3.05, 3.63) is 53.6 Å². The van der Waals surface area contributed by atoms with Crippen LogP contribution < -0.4 is 5.32 Å². The molecule has 5 heteroatoms. The van der Waals surface area contributed by atoms with Gasteiger partial charge in [0.25, 0.3) is 5.91 Å². The first-order valence-corrected chi connectivity index (χ1v) is 6.53. The van der Waals surface area contributed by atoms with Crippen LogP contribution in [0.3, 0.4) is 0 Å². The number of benzene rings is 1. The molecule has 0 bridgehead atoms. The standard InChI is InChI=1S/C16H17FN2O2/c1-16(2,3)10-4-5-14(20)13(8-10)19-15(21)11-6-7-18-9-12(11)17/h4-9,20H,1-3H3,(H,19,21). The lowest BCUT2D eigenvalue weighted by molar-refractivity contribution is 0.102. The molecule has 0 saturated heterocycles. The molecule has 0 spiro atoms. The lowest BCUT2D eigenvalue weighted by atomic mass is 9.87. The molecule has 1 aromatic carbocycles. The largest absolute Gasteiger partial charge is 0.506 e. The second-order valence-corrected chi connectivity index (χ2v) is 5.79. The molecule has 1 aromatic heterocycles. The van der Waals surface area contributed by atoms with Gasteiger partial charge in [-0.15, -0.1) is 0 Å². The Kier molecular flexibility index (Phi) is 3.93. The third-order valence-electron chi connectivity index (χ3n) is 3.13. The number of amides is 1. The highest BCUT2D eigenvalue weighted by Gasteiger charge is 2.18. The first kappa shape index (κ1) is 15.0. The first-order valence-electron chi connectivity index (χ1n) is 6.53. The molecule has 0 aliphatic carbocycles. The summed E-state index contributed by atoms with van der Waals surface area (Å²) in [5.41, 5.74) is 0.953. The number of hydrogen-bond acceptors (Lipinski definition) is 3. The third-order valence-corrected chi connectivity index (χ3v) is 3.13. The fraction of sp³-hybridized carbons (Fsp3) is 0.250. The average molecular weight is 288 g/mol. The zero-order valence-electron chi connectivity index (χ0n) is 12.1. The average Bonchev–Trinajstić information content (AvgIpc) is 2.40. The summed E-state index contributed by atoms with van der Waals surface area (Å²) in [6.07, 6.45) is 2.31. The number of aromatic nitrogens is 1. The number of aromatic hydroxyl groups is 1. The number of nitrogens with zero attached hydrogens (tertiary/aromatic N) is 1. The molecule has 0 fully saturated rings. The normalized spacial score (nSPS) is 11.2. The molecule has 0 atom stereocenters. The molecule has 1 amide bonds. The minimum absolute atomic E-state index is 0.0641. The number of carbonyl (C=O) groups excluding carboxylic acids is 1. The van der Waals surface area contributed by atoms with E-state index in [9.17, 15) is 14.3 Å². The molecule has 110 valence electrons. The first-order chi connectivity index (χ1) is 9.79. The van der Waals surface area contributed by atoms with Crippen molar-refractivity contribution in [2.24, 2.45) is 0 Å². The number of phenolic OH excluding ortho intramolecular Hbond substituents is 1. The number of halogens is 1. The van der Waals surface area contributed by atoms with Gasteiger partial charge in [0.1, 0.15) is 5.75 Å². The minimum atomic E-state index is -0.707. The van der Waals surface area contributed by atoms with Gasteiger partial charge in [0.2, 0.25) is 0 Å². The molecule has 4 nitrogen and oxygen atoms in total. The number of nitrogens with one attached hydrogen (secondary N) is 1. The zero-order chi connectivity index (χ0) is 15.6. The Bertz CT molecular complexity index is 678. The Morgan fingerprint density at radius 3 is 2.62 bits per heavy atom. The fourth-order valence-corrected chi connectivity index (χ4v) is 1.85. The SMILES string of the molecule is CC(C)(C)c1ccc(O)c(NC(=O)c2ccncc2F)c1. The van der Waals surface area contributed by atoms with Gasteiger partial charge in [0, 0.05) is 6.20 Å². The van der Waals surface area contributed by atoms with Gasteiger partial charge in [-0.3, -0.25) is 9.78 Å². The topological polar surface area (TPSA) is 62.2 Å². The Labute approximate surface area is 122 Å². The Balaban J connectivity index is 2.31. The number of phenols is 1. The predicted octanol–water partition coefficient (Wildman–Crippen LogP) is 3.48. The smallest absolute Gasteiger partial charge is 0.258 e. The minimum Gasteiger partial charge on any atom is -0.506 e. The van der Waals surface area contributed by atoms with E-state index in [1.54, 1.807) is 12.1 Å². The summed E-state index contributed by atoms with van der Waals surface area (Å²) < 4.78 is 13.5. The Morgan fingerprint density at radius 2 is 2.00 bits per heavy atom. The number of rotatable bonds is 2. The van der Waals surface area contributed by atoms with Gasteiger partial charge in [-0.2, -0.15) is 0 Å². The molecule has 0 saturated carbocycles. The van der Waals surface area contributed by atoms with Gasteiger partial charge in [-0.05, 0) is 29.2 Å². The van der Waals surface area contributed by atoms with Crippen molar-refractivity contribution in [1.29, 1.82) is 0 Å². The summed E-state index contributed by atoms with van der Waals surface area (Å²) >= 11 is 0. The molecule has 0 radical (unpaired) electrons. The molecule has 0 aliphatic rings. The van der Waals surface area contributed by atoms with E-state index in [0.29, 0.717) is 0 Å². The van der Waals surface area contributed by atoms with Gasteiger partial charge in [-0.1, -0.05) is 26.8 Å². The quantitative estimate of drug-likeness (QED) is 0.832. The van der Waals surface area contributed by atoms with Gasteiger partial charge in [0.05, 0.1) is 17.4 Å². The van der Waals surface area contributed by atoms with E-state index < -0.39 is 11.7 Å². The van der Waals surface area contributed by atoms with Crippen LogP contribution in [0.1, 0.15) is 36.7 Å². The summed E-state index contributed by atoms with van der Waals surface area (Å²) in [6, 6.07) is 6.28. The van der Waals surface area contributed by atoms with E-state index in [1.807, 2.05) is 20.8 Å². The van der Waals surface area contributed by atoms with E-state index in [2.05, 4.69) is 10.3 Å². The molecule has 2 N–H and O–H groups in total. The number of pyridine rings is 1. The van der Waals surface area contributed by atoms with Crippen molar-refractivity contribution in [2.75, 3.05) is 5.32 Å². The van der Waals surface area contributed by atoms with Crippen molar-refractivity contribution in [1.82, 2.24) is 4.98 Å². The van der Waals surface area contributed by atoms with Gasteiger partial charge >= 0.3 is 0 Å². The van der Waals surface area contributed by atoms with Crippen LogP contribution in [0.5, 0.6) is 5.75 Å². The molecular formula is C16H17FN2O2. The highest BCUT2D eigenvalue weighted by molar-refractivity contribution is 6.05. The van der Waals surface area contributed by atoms with E-state index in [4.69, 9.17) is 0 Å². The van der Waals surface area contributed by atoms with Crippen LogP contribution in [0.2, 0.25) is 0 Å². The van der Waals surface area contributed by atoms with Gasteiger partial charge < -0.3 is 10.4 Å². The summed E-state index contributed by atoms with van der Waals surface area (Å²) in [5, 5.41) is 12.4. The van der Waals surface area contributed by atoms with Crippen molar-refractivity contribution in [3.63, 3.8) is 0 Å². The van der Waals surface area contributed by atoms with Crippen molar-refractivity contribution in [2.45, 2.75) is 26.2 Å². The van der Waals surface area contributed by atoms with E-state index in [0.717, 1.165) is 11.8 Å². The Hall–Kier alpha value is -2.43. The zero-order valence-corrected chi connectivity index (χ0v) is 12.1. The second kappa shape index (κ2) is 5.52. The summed E-state index contributed by atoms with van der Waals surface area (Å²) in [4.78, 5) is 15.7. The second-order valence-electron chi connectivity index (χ2n) is 5.79. The van der Waals surface area contributed by atoms with Crippen LogP contribution in [-0.4, -0.2) is 16.0 Å². The highest BCUT2D eigenvalue weighted by atomic mass is 19.1. The Morgan fingerprint density at radius 1 is 1.29 bits per heavy atom. The molecule has 21 heavy (non-hydrogen) atoms. The molecule has 1 heterocycles. The predicted molar refractivity (Wildman–Crippen MR) is 79.0 cm³/mol. The lowest BCUT2D eigenvalue weighted by Gasteiger charge is -2.20. The highest BCUT2D eigenvalue weighted by Crippen LogP contribution is 2.31.